The van der Waals surface area contributed by atoms with Gasteiger partial charge in [0.25, 0.3) is 0 Å². The lowest BCUT2D eigenvalue weighted by molar-refractivity contribution is 0.889. The Hall–Kier alpha value is -1.46. The van der Waals surface area contributed by atoms with Gasteiger partial charge < -0.3 is 11.1 Å². The van der Waals surface area contributed by atoms with E-state index in [0.29, 0.717) is 21.7 Å². The van der Waals surface area contributed by atoms with Crippen LogP contribution in [0.1, 0.15) is 0 Å². The zero-order valence-electron chi connectivity index (χ0n) is 8.41. The second-order valence-electron chi connectivity index (χ2n) is 3.08. The van der Waals surface area contributed by atoms with Gasteiger partial charge >= 0.3 is 0 Å². The number of nitrogen functional groups attached to an aromatic ring is 1. The van der Waals surface area contributed by atoms with Gasteiger partial charge in [-0.3, -0.25) is 0 Å². The van der Waals surface area contributed by atoms with E-state index in [1.165, 1.54) is 4.68 Å². The molecule has 0 radical (unpaired) electrons. The van der Waals surface area contributed by atoms with Crippen LogP contribution in [0.25, 0.3) is 5.69 Å². The summed E-state index contributed by atoms with van der Waals surface area (Å²) in [5.41, 5.74) is 6.22. The number of hydrogen-bond acceptors (Lipinski definition) is 4. The predicted molar refractivity (Wildman–Crippen MR) is 65.3 cm³/mol. The Kier molecular flexibility index (Phi) is 2.89. The lowest BCUT2D eigenvalue weighted by atomic mass is 10.3. The number of nitrogens with zero attached hydrogens (tertiary/aromatic N) is 3. The van der Waals surface area contributed by atoms with Gasteiger partial charge in [0.2, 0.25) is 11.9 Å². The number of anilines is 2. The molecule has 1 aromatic carbocycles. The Bertz CT molecular complexity index is 502. The van der Waals surface area contributed by atoms with Crippen molar-refractivity contribution in [1.29, 1.82) is 0 Å². The Morgan fingerprint density at radius 2 is 1.88 bits per heavy atom. The fourth-order valence-corrected chi connectivity index (χ4v) is 1.85. The predicted octanol–water partition coefficient (Wildman–Crippen LogP) is 2.20. The minimum absolute atomic E-state index is 0.181. The molecule has 0 aliphatic carbocycles. The van der Waals surface area contributed by atoms with Crippen LogP contribution in [0.2, 0.25) is 10.0 Å². The second kappa shape index (κ2) is 4.19. The zero-order chi connectivity index (χ0) is 11.7. The monoisotopic (exact) mass is 257 g/mol. The molecule has 16 heavy (non-hydrogen) atoms. The third-order valence-corrected chi connectivity index (χ3v) is 2.38. The fraction of sp³-hybridized carbons (Fsp3) is 0.111. The van der Waals surface area contributed by atoms with Crippen molar-refractivity contribution >= 4 is 35.1 Å². The summed E-state index contributed by atoms with van der Waals surface area (Å²) >= 11 is 11.8. The number of nitrogens with two attached hydrogens (primary N) is 1. The van der Waals surface area contributed by atoms with Crippen LogP contribution >= 0.6 is 23.2 Å². The molecular weight excluding hydrogens is 249 g/mol. The van der Waals surface area contributed by atoms with Gasteiger partial charge in [-0.1, -0.05) is 23.2 Å². The Morgan fingerprint density at radius 3 is 2.44 bits per heavy atom. The van der Waals surface area contributed by atoms with Crippen molar-refractivity contribution in [3.63, 3.8) is 0 Å². The molecule has 0 saturated heterocycles. The van der Waals surface area contributed by atoms with Crippen molar-refractivity contribution < 1.29 is 0 Å². The summed E-state index contributed by atoms with van der Waals surface area (Å²) in [5.74, 6) is 0.705. The molecule has 0 aliphatic heterocycles. The standard InChI is InChI=1S/C9H9Cl2N5/c1-13-9-14-8(12)15-16(9)7-3-5(10)2-6(11)4-7/h2-4H,1H3,(H3,12,13,14,15). The van der Waals surface area contributed by atoms with Gasteiger partial charge in [-0.15, -0.1) is 5.10 Å². The molecule has 84 valence electrons. The van der Waals surface area contributed by atoms with Crippen molar-refractivity contribution in [1.82, 2.24) is 14.8 Å². The van der Waals surface area contributed by atoms with Crippen LogP contribution in [0, 0.1) is 0 Å². The van der Waals surface area contributed by atoms with Crippen LogP contribution in [0.5, 0.6) is 0 Å². The SMILES string of the molecule is CNc1nc(N)nn1-c1cc(Cl)cc(Cl)c1. The highest BCUT2D eigenvalue weighted by Crippen LogP contribution is 2.23. The number of rotatable bonds is 2. The Morgan fingerprint density at radius 1 is 1.25 bits per heavy atom. The maximum Gasteiger partial charge on any atom is 0.241 e. The van der Waals surface area contributed by atoms with Crippen molar-refractivity contribution in [3.8, 4) is 5.69 Å². The number of aromatic nitrogens is 3. The number of halogens is 2. The number of nitrogens with one attached hydrogen (secondary N) is 1. The van der Waals surface area contributed by atoms with Crippen molar-refractivity contribution in [3.05, 3.63) is 28.2 Å². The minimum Gasteiger partial charge on any atom is -0.366 e. The summed E-state index contributed by atoms with van der Waals surface area (Å²) in [7, 11) is 1.73. The highest BCUT2D eigenvalue weighted by atomic mass is 35.5. The molecule has 2 rings (SSSR count). The molecule has 0 fully saturated rings. The van der Waals surface area contributed by atoms with Crippen LogP contribution in [-0.2, 0) is 0 Å². The van der Waals surface area contributed by atoms with Gasteiger partial charge in [0.05, 0.1) is 5.69 Å². The molecule has 5 nitrogen and oxygen atoms in total. The average Bonchev–Trinajstić information content (AvgIpc) is 2.58. The maximum atomic E-state index is 5.90. The normalized spacial score (nSPS) is 10.4. The van der Waals surface area contributed by atoms with E-state index in [-0.39, 0.29) is 5.95 Å². The van der Waals surface area contributed by atoms with Gasteiger partial charge in [0.15, 0.2) is 0 Å². The van der Waals surface area contributed by atoms with E-state index < -0.39 is 0 Å². The van der Waals surface area contributed by atoms with Gasteiger partial charge in [-0.05, 0) is 18.2 Å². The van der Waals surface area contributed by atoms with Gasteiger partial charge in [0.1, 0.15) is 0 Å². The zero-order valence-corrected chi connectivity index (χ0v) is 9.92. The molecule has 2 aromatic rings. The van der Waals surface area contributed by atoms with Crippen molar-refractivity contribution in [2.24, 2.45) is 0 Å². The van der Waals surface area contributed by atoms with Crippen LogP contribution in [0.3, 0.4) is 0 Å². The second-order valence-corrected chi connectivity index (χ2v) is 3.96. The molecule has 0 bridgehead atoms. The third kappa shape index (κ3) is 2.05. The number of benzene rings is 1. The van der Waals surface area contributed by atoms with Crippen LogP contribution < -0.4 is 11.1 Å². The quantitative estimate of drug-likeness (QED) is 0.866. The van der Waals surface area contributed by atoms with E-state index in [1.54, 1.807) is 25.2 Å². The lowest BCUT2D eigenvalue weighted by Gasteiger charge is -2.05. The fourth-order valence-electron chi connectivity index (χ4n) is 1.33. The molecular formula is C9H9Cl2N5. The lowest BCUT2D eigenvalue weighted by Crippen LogP contribution is -2.03. The summed E-state index contributed by atoms with van der Waals surface area (Å²) in [4.78, 5) is 4.00. The smallest absolute Gasteiger partial charge is 0.241 e. The highest BCUT2D eigenvalue weighted by Gasteiger charge is 2.09. The van der Waals surface area contributed by atoms with Gasteiger partial charge in [-0.2, -0.15) is 9.67 Å². The van der Waals surface area contributed by atoms with Gasteiger partial charge in [-0.25, -0.2) is 0 Å². The van der Waals surface area contributed by atoms with E-state index in [4.69, 9.17) is 28.9 Å². The van der Waals surface area contributed by atoms with E-state index in [9.17, 15) is 0 Å². The molecule has 0 atom stereocenters. The first kappa shape index (κ1) is 11.0. The summed E-state index contributed by atoms with van der Waals surface area (Å²) in [6.07, 6.45) is 0. The first-order valence-electron chi connectivity index (χ1n) is 4.47. The van der Waals surface area contributed by atoms with E-state index >= 15 is 0 Å². The van der Waals surface area contributed by atoms with Crippen LogP contribution in [-0.4, -0.2) is 21.8 Å². The first-order valence-corrected chi connectivity index (χ1v) is 5.22. The van der Waals surface area contributed by atoms with Crippen LogP contribution in [0.4, 0.5) is 11.9 Å². The van der Waals surface area contributed by atoms with Crippen molar-refractivity contribution in [2.45, 2.75) is 0 Å². The summed E-state index contributed by atoms with van der Waals surface area (Å²) in [6, 6.07) is 5.09. The molecule has 0 amide bonds. The average molecular weight is 258 g/mol. The molecule has 0 aliphatic rings. The molecule has 0 spiro atoms. The highest BCUT2D eigenvalue weighted by molar-refractivity contribution is 6.34. The topological polar surface area (TPSA) is 68.8 Å². The Labute approximate surface area is 102 Å². The molecule has 1 aromatic heterocycles. The van der Waals surface area contributed by atoms with E-state index in [0.717, 1.165) is 0 Å². The van der Waals surface area contributed by atoms with Crippen LogP contribution in [0.15, 0.2) is 18.2 Å². The molecule has 0 unspecified atom stereocenters. The molecule has 0 saturated carbocycles. The van der Waals surface area contributed by atoms with Gasteiger partial charge in [0, 0.05) is 17.1 Å². The Balaban J connectivity index is 2.57. The summed E-state index contributed by atoms with van der Waals surface area (Å²) < 4.78 is 1.53. The molecule has 7 heteroatoms. The minimum atomic E-state index is 0.181. The first-order chi connectivity index (χ1) is 7.60. The largest absolute Gasteiger partial charge is 0.366 e. The number of hydrogen-bond donors (Lipinski definition) is 2. The maximum absolute atomic E-state index is 5.90. The molecule has 3 N–H and O–H groups in total. The summed E-state index contributed by atoms with van der Waals surface area (Å²) in [5, 5.41) is 7.97. The van der Waals surface area contributed by atoms with E-state index in [1.807, 2.05) is 0 Å². The summed E-state index contributed by atoms with van der Waals surface area (Å²) in [6.45, 7) is 0. The third-order valence-electron chi connectivity index (χ3n) is 1.94. The van der Waals surface area contributed by atoms with Crippen molar-refractivity contribution in [2.75, 3.05) is 18.1 Å². The molecule has 1 heterocycles. The van der Waals surface area contributed by atoms with E-state index in [2.05, 4.69) is 15.4 Å².